The summed E-state index contributed by atoms with van der Waals surface area (Å²) >= 11 is 0. The molecule has 0 aliphatic carbocycles. The summed E-state index contributed by atoms with van der Waals surface area (Å²) in [4.78, 5) is 6.13. The van der Waals surface area contributed by atoms with Crippen LogP contribution in [0.1, 0.15) is 25.8 Å². The Morgan fingerprint density at radius 3 is 2.57 bits per heavy atom. The third kappa shape index (κ3) is 3.79. The lowest BCUT2D eigenvalue weighted by Crippen LogP contribution is -2.21. The van der Waals surface area contributed by atoms with E-state index in [0.717, 1.165) is 18.7 Å². The van der Waals surface area contributed by atoms with Crippen molar-refractivity contribution in [3.63, 3.8) is 0 Å². The van der Waals surface area contributed by atoms with Crippen molar-refractivity contribution in [3.8, 4) is 0 Å². The number of halogens is 1. The number of pyridine rings is 1. The minimum Gasteiger partial charge on any atom is -0.324 e. The third-order valence-corrected chi connectivity index (χ3v) is 3.33. The maximum atomic E-state index is 14.7. The van der Waals surface area contributed by atoms with Gasteiger partial charge < -0.3 is 10.2 Å². The summed E-state index contributed by atoms with van der Waals surface area (Å²) in [6.07, 6.45) is 2.71. The van der Waals surface area contributed by atoms with Crippen molar-refractivity contribution in [2.24, 2.45) is 0 Å². The van der Waals surface area contributed by atoms with Gasteiger partial charge in [0.05, 0.1) is 0 Å². The fourth-order valence-electron chi connectivity index (χ4n) is 2.26. The molecule has 0 saturated carbocycles. The Balaban J connectivity index is 2.27. The van der Waals surface area contributed by atoms with Crippen LogP contribution in [0.2, 0.25) is 0 Å². The first kappa shape index (κ1) is 15.4. The van der Waals surface area contributed by atoms with Gasteiger partial charge in [-0.25, -0.2) is 9.37 Å². The Morgan fingerprint density at radius 2 is 1.90 bits per heavy atom. The molecular weight excluding hydrogens is 265 g/mol. The number of para-hydroxylation sites is 1. The van der Waals surface area contributed by atoms with Gasteiger partial charge in [0.1, 0.15) is 0 Å². The first-order valence-electron chi connectivity index (χ1n) is 7.44. The molecule has 112 valence electrons. The van der Waals surface area contributed by atoms with E-state index in [0.29, 0.717) is 24.5 Å². The molecule has 0 bridgehead atoms. The molecular formula is C17H22FN3. The lowest BCUT2D eigenvalue weighted by Gasteiger charge is -2.23. The molecule has 2 rings (SSSR count). The van der Waals surface area contributed by atoms with Gasteiger partial charge in [-0.05, 0) is 38.1 Å². The Hall–Kier alpha value is -1.94. The van der Waals surface area contributed by atoms with Crippen molar-refractivity contribution in [2.75, 3.05) is 18.0 Å². The van der Waals surface area contributed by atoms with Crippen molar-refractivity contribution in [3.05, 3.63) is 54.0 Å². The second-order valence-electron chi connectivity index (χ2n) is 4.86. The van der Waals surface area contributed by atoms with E-state index in [9.17, 15) is 4.39 Å². The number of hydrogen-bond donors (Lipinski definition) is 1. The van der Waals surface area contributed by atoms with Crippen molar-refractivity contribution >= 4 is 11.5 Å². The molecule has 1 aromatic heterocycles. The van der Waals surface area contributed by atoms with Gasteiger partial charge in [-0.1, -0.05) is 25.1 Å². The van der Waals surface area contributed by atoms with Gasteiger partial charge in [0, 0.05) is 30.5 Å². The third-order valence-electron chi connectivity index (χ3n) is 3.33. The van der Waals surface area contributed by atoms with Gasteiger partial charge in [0.2, 0.25) is 0 Å². The molecule has 0 aliphatic heterocycles. The molecule has 0 radical (unpaired) electrons. The van der Waals surface area contributed by atoms with Gasteiger partial charge in [-0.15, -0.1) is 0 Å². The summed E-state index contributed by atoms with van der Waals surface area (Å²) in [7, 11) is 0. The Bertz CT molecular complexity index is 557. The maximum absolute atomic E-state index is 14.7. The van der Waals surface area contributed by atoms with Gasteiger partial charge >= 0.3 is 0 Å². The second-order valence-corrected chi connectivity index (χ2v) is 4.86. The highest BCUT2D eigenvalue weighted by atomic mass is 19.1. The number of rotatable bonds is 7. The van der Waals surface area contributed by atoms with E-state index in [4.69, 9.17) is 0 Å². The van der Waals surface area contributed by atoms with Crippen LogP contribution in [0.5, 0.6) is 0 Å². The van der Waals surface area contributed by atoms with Crippen molar-refractivity contribution in [1.82, 2.24) is 10.3 Å². The zero-order valence-corrected chi connectivity index (χ0v) is 12.6. The molecule has 1 heterocycles. The van der Waals surface area contributed by atoms with Crippen LogP contribution >= 0.6 is 0 Å². The quantitative estimate of drug-likeness (QED) is 0.783. The lowest BCUT2D eigenvalue weighted by molar-refractivity contribution is 0.580. The van der Waals surface area contributed by atoms with Crippen LogP contribution in [0.15, 0.2) is 42.6 Å². The van der Waals surface area contributed by atoms with Gasteiger partial charge in [-0.3, -0.25) is 0 Å². The topological polar surface area (TPSA) is 28.2 Å². The fourth-order valence-corrected chi connectivity index (χ4v) is 2.26. The molecule has 0 atom stereocenters. The molecule has 0 saturated heterocycles. The van der Waals surface area contributed by atoms with Crippen molar-refractivity contribution < 1.29 is 4.39 Å². The number of hydrogen-bond acceptors (Lipinski definition) is 3. The summed E-state index contributed by atoms with van der Waals surface area (Å²) in [6.45, 7) is 6.17. The van der Waals surface area contributed by atoms with Crippen LogP contribution in [0, 0.1) is 5.82 Å². The highest BCUT2D eigenvalue weighted by molar-refractivity contribution is 5.60. The number of nitrogens with zero attached hydrogens (tertiary/aromatic N) is 2. The number of anilines is 2. The zero-order chi connectivity index (χ0) is 15.1. The highest BCUT2D eigenvalue weighted by Crippen LogP contribution is 2.26. The van der Waals surface area contributed by atoms with Crippen LogP contribution in [0.4, 0.5) is 15.9 Å². The largest absolute Gasteiger partial charge is 0.324 e. The van der Waals surface area contributed by atoms with Gasteiger partial charge in [0.15, 0.2) is 11.6 Å². The summed E-state index contributed by atoms with van der Waals surface area (Å²) in [5.74, 6) is 0.145. The first-order chi connectivity index (χ1) is 10.3. The van der Waals surface area contributed by atoms with Crippen LogP contribution < -0.4 is 10.2 Å². The smallest absolute Gasteiger partial charge is 0.170 e. The zero-order valence-electron chi connectivity index (χ0n) is 12.6. The fraction of sp³-hybridized carbons (Fsp3) is 0.353. The molecule has 21 heavy (non-hydrogen) atoms. The standard InChI is InChI=1S/C17H22FN3/c1-3-11-19-13-14-10-12-20-17(16(14)18)21(4-2)15-8-6-5-7-9-15/h5-10,12,19H,3-4,11,13H2,1-2H3. The highest BCUT2D eigenvalue weighted by Gasteiger charge is 2.16. The van der Waals surface area contributed by atoms with Crippen molar-refractivity contribution in [1.29, 1.82) is 0 Å². The van der Waals surface area contributed by atoms with Crippen LogP contribution in [0.25, 0.3) is 0 Å². The molecule has 0 aliphatic rings. The van der Waals surface area contributed by atoms with Gasteiger partial charge in [0.25, 0.3) is 0 Å². The number of benzene rings is 1. The molecule has 0 spiro atoms. The molecule has 0 unspecified atom stereocenters. The molecule has 3 nitrogen and oxygen atoms in total. The maximum Gasteiger partial charge on any atom is 0.170 e. The minimum absolute atomic E-state index is 0.244. The average Bonchev–Trinajstić information content (AvgIpc) is 2.52. The molecule has 2 aromatic rings. The SMILES string of the molecule is CCCNCc1ccnc(N(CC)c2ccccc2)c1F. The van der Waals surface area contributed by atoms with E-state index in [2.05, 4.69) is 17.2 Å². The minimum atomic E-state index is -0.244. The average molecular weight is 287 g/mol. The first-order valence-corrected chi connectivity index (χ1v) is 7.44. The predicted molar refractivity (Wildman–Crippen MR) is 85.3 cm³/mol. The molecule has 1 N–H and O–H groups in total. The van der Waals surface area contributed by atoms with Gasteiger partial charge in [-0.2, -0.15) is 0 Å². The molecule has 0 amide bonds. The van der Waals surface area contributed by atoms with Crippen LogP contribution in [-0.2, 0) is 6.54 Å². The summed E-state index contributed by atoms with van der Waals surface area (Å²) in [6, 6.07) is 11.5. The van der Waals surface area contributed by atoms with Crippen molar-refractivity contribution in [2.45, 2.75) is 26.8 Å². The lowest BCUT2D eigenvalue weighted by atomic mass is 10.2. The van der Waals surface area contributed by atoms with Crippen LogP contribution in [0.3, 0.4) is 0 Å². The monoisotopic (exact) mass is 287 g/mol. The van der Waals surface area contributed by atoms with E-state index in [-0.39, 0.29) is 5.82 Å². The van der Waals surface area contributed by atoms with Crippen LogP contribution in [-0.4, -0.2) is 18.1 Å². The predicted octanol–water partition coefficient (Wildman–Crippen LogP) is 3.88. The van der Waals surface area contributed by atoms with E-state index < -0.39 is 0 Å². The molecule has 0 fully saturated rings. The van der Waals surface area contributed by atoms with E-state index in [1.165, 1.54) is 0 Å². The normalized spacial score (nSPS) is 10.6. The summed E-state index contributed by atoms with van der Waals surface area (Å²) in [5, 5.41) is 3.23. The molecule has 1 aromatic carbocycles. The Kier molecular flexibility index (Phi) is 5.69. The number of aromatic nitrogens is 1. The van der Waals surface area contributed by atoms with E-state index in [1.807, 2.05) is 42.2 Å². The van der Waals surface area contributed by atoms with E-state index in [1.54, 1.807) is 12.3 Å². The Labute approximate surface area is 125 Å². The summed E-state index contributed by atoms with van der Waals surface area (Å²) in [5.41, 5.74) is 1.60. The van der Waals surface area contributed by atoms with E-state index >= 15 is 0 Å². The summed E-state index contributed by atoms with van der Waals surface area (Å²) < 4.78 is 14.7. The number of nitrogens with one attached hydrogen (secondary N) is 1. The molecule has 4 heteroatoms. The Morgan fingerprint density at radius 1 is 1.14 bits per heavy atom. The second kappa shape index (κ2) is 7.74.